The first-order valence-corrected chi connectivity index (χ1v) is 15.5. The van der Waals surface area contributed by atoms with Crippen LogP contribution in [0.1, 0.15) is 128 Å². The standard InChI is InChI=1S/C33H51BO3/c1-4-7-10-13-14-15-18-25-35-31-23-21-30(22-24-31)34-36-32-26-28(19-16-11-8-5-2)29(27-33(32)37-34)20-17-12-9-6-3/h21-24,26-27H,4-20,25H2,1-3H3. The highest BCUT2D eigenvalue weighted by atomic mass is 16.6. The quantitative estimate of drug-likeness (QED) is 0.132. The van der Waals surface area contributed by atoms with Gasteiger partial charge in [0.15, 0.2) is 0 Å². The maximum atomic E-state index is 6.29. The van der Waals surface area contributed by atoms with Crippen LogP contribution in [-0.4, -0.2) is 13.7 Å². The van der Waals surface area contributed by atoms with E-state index < -0.39 is 0 Å². The van der Waals surface area contributed by atoms with Gasteiger partial charge in [-0.15, -0.1) is 0 Å². The topological polar surface area (TPSA) is 27.7 Å². The van der Waals surface area contributed by atoms with Crippen LogP contribution >= 0.6 is 0 Å². The fourth-order valence-electron chi connectivity index (χ4n) is 5.14. The second-order valence-electron chi connectivity index (χ2n) is 10.8. The van der Waals surface area contributed by atoms with Gasteiger partial charge in [-0.25, -0.2) is 0 Å². The van der Waals surface area contributed by atoms with E-state index in [-0.39, 0.29) is 7.12 Å². The molecule has 0 aliphatic carbocycles. The van der Waals surface area contributed by atoms with Crippen LogP contribution in [0.25, 0.3) is 0 Å². The van der Waals surface area contributed by atoms with E-state index in [1.54, 1.807) is 0 Å². The van der Waals surface area contributed by atoms with Gasteiger partial charge in [0.2, 0.25) is 0 Å². The zero-order valence-corrected chi connectivity index (χ0v) is 24.0. The Morgan fingerprint density at radius 3 is 1.54 bits per heavy atom. The average molecular weight is 507 g/mol. The minimum Gasteiger partial charge on any atom is -0.519 e. The highest BCUT2D eigenvalue weighted by Crippen LogP contribution is 2.37. The second-order valence-corrected chi connectivity index (χ2v) is 10.8. The monoisotopic (exact) mass is 506 g/mol. The van der Waals surface area contributed by atoms with Gasteiger partial charge in [-0.1, -0.05) is 110 Å². The van der Waals surface area contributed by atoms with Gasteiger partial charge in [0.25, 0.3) is 0 Å². The van der Waals surface area contributed by atoms with E-state index in [1.165, 1.54) is 101 Å². The number of aryl methyl sites for hydroxylation is 2. The van der Waals surface area contributed by atoms with Crippen molar-refractivity contribution in [1.82, 2.24) is 0 Å². The summed E-state index contributed by atoms with van der Waals surface area (Å²) in [6.07, 6.45) is 21.6. The summed E-state index contributed by atoms with van der Waals surface area (Å²) in [7, 11) is -0.379. The highest BCUT2D eigenvalue weighted by molar-refractivity contribution is 6.63. The molecule has 37 heavy (non-hydrogen) atoms. The van der Waals surface area contributed by atoms with Crippen LogP contribution in [0.15, 0.2) is 36.4 Å². The SMILES string of the molecule is CCCCCCCCCOc1ccc(B2Oc3cc(CCCCCC)c(CCCCCC)cc3O2)cc1. The van der Waals surface area contributed by atoms with Gasteiger partial charge in [0.05, 0.1) is 6.61 Å². The van der Waals surface area contributed by atoms with E-state index >= 15 is 0 Å². The third-order valence-corrected chi connectivity index (χ3v) is 7.50. The molecule has 0 fully saturated rings. The Hall–Kier alpha value is -2.10. The van der Waals surface area contributed by atoms with Crippen molar-refractivity contribution in [3.8, 4) is 17.2 Å². The maximum Gasteiger partial charge on any atom is 0.632 e. The lowest BCUT2D eigenvalue weighted by Crippen LogP contribution is -2.38. The van der Waals surface area contributed by atoms with Crippen LogP contribution in [0, 0.1) is 0 Å². The van der Waals surface area contributed by atoms with Gasteiger partial charge in [0, 0.05) is 5.46 Å². The van der Waals surface area contributed by atoms with Gasteiger partial charge < -0.3 is 14.0 Å². The number of fused-ring (bicyclic) bond motifs is 1. The molecule has 0 radical (unpaired) electrons. The highest BCUT2D eigenvalue weighted by Gasteiger charge is 2.34. The lowest BCUT2D eigenvalue weighted by Gasteiger charge is -2.12. The van der Waals surface area contributed by atoms with Crippen molar-refractivity contribution < 1.29 is 14.0 Å². The number of ether oxygens (including phenoxy) is 1. The summed E-state index contributed by atoms with van der Waals surface area (Å²) in [6, 6.07) is 12.8. The summed E-state index contributed by atoms with van der Waals surface area (Å²) in [6.45, 7) is 7.60. The van der Waals surface area contributed by atoms with Crippen molar-refractivity contribution in [3.05, 3.63) is 47.5 Å². The molecule has 1 heterocycles. The van der Waals surface area contributed by atoms with Crippen LogP contribution in [0.3, 0.4) is 0 Å². The van der Waals surface area contributed by atoms with E-state index in [4.69, 9.17) is 14.0 Å². The summed E-state index contributed by atoms with van der Waals surface area (Å²) < 4.78 is 18.6. The summed E-state index contributed by atoms with van der Waals surface area (Å²) in [5.41, 5.74) is 3.93. The van der Waals surface area contributed by atoms with Gasteiger partial charge in [0.1, 0.15) is 17.2 Å². The Labute approximate surface area is 227 Å². The number of rotatable bonds is 20. The zero-order chi connectivity index (χ0) is 26.1. The number of hydrogen-bond donors (Lipinski definition) is 0. The Morgan fingerprint density at radius 1 is 0.568 bits per heavy atom. The predicted molar refractivity (Wildman–Crippen MR) is 159 cm³/mol. The molecular weight excluding hydrogens is 455 g/mol. The minimum atomic E-state index is -0.379. The molecular formula is C33H51BO3. The average Bonchev–Trinajstić information content (AvgIpc) is 3.33. The van der Waals surface area contributed by atoms with Crippen LogP contribution < -0.4 is 19.5 Å². The summed E-state index contributed by atoms with van der Waals surface area (Å²) in [5, 5.41) is 0. The molecule has 0 saturated heterocycles. The normalized spacial score (nSPS) is 12.4. The van der Waals surface area contributed by atoms with Crippen molar-refractivity contribution in [1.29, 1.82) is 0 Å². The molecule has 3 rings (SSSR count). The molecule has 1 aliphatic rings. The van der Waals surface area contributed by atoms with Crippen molar-refractivity contribution in [2.75, 3.05) is 6.61 Å². The molecule has 0 aromatic heterocycles. The Morgan fingerprint density at radius 2 is 1.03 bits per heavy atom. The first-order valence-electron chi connectivity index (χ1n) is 15.5. The Kier molecular flexibility index (Phi) is 13.9. The van der Waals surface area contributed by atoms with Crippen molar-refractivity contribution in [2.45, 2.75) is 130 Å². The van der Waals surface area contributed by atoms with Crippen LogP contribution in [-0.2, 0) is 12.8 Å². The molecule has 0 amide bonds. The Bertz CT molecular complexity index is 839. The second kappa shape index (κ2) is 17.4. The predicted octanol–water partition coefficient (Wildman–Crippen LogP) is 9.23. The van der Waals surface area contributed by atoms with E-state index in [2.05, 4.69) is 45.0 Å². The van der Waals surface area contributed by atoms with E-state index in [0.29, 0.717) is 0 Å². The van der Waals surface area contributed by atoms with Gasteiger partial charge in [-0.05, 0) is 67.5 Å². The van der Waals surface area contributed by atoms with Gasteiger partial charge in [-0.2, -0.15) is 0 Å². The molecule has 0 bridgehead atoms. The third-order valence-electron chi connectivity index (χ3n) is 7.50. The zero-order valence-electron chi connectivity index (χ0n) is 24.0. The molecule has 0 unspecified atom stereocenters. The molecule has 3 nitrogen and oxygen atoms in total. The smallest absolute Gasteiger partial charge is 0.519 e. The van der Waals surface area contributed by atoms with E-state index in [0.717, 1.165) is 48.6 Å². The third kappa shape index (κ3) is 10.3. The lowest BCUT2D eigenvalue weighted by molar-refractivity contribution is 0.304. The fourth-order valence-corrected chi connectivity index (χ4v) is 5.14. The van der Waals surface area contributed by atoms with E-state index in [9.17, 15) is 0 Å². The molecule has 2 aromatic rings. The van der Waals surface area contributed by atoms with Crippen molar-refractivity contribution in [2.24, 2.45) is 0 Å². The first kappa shape index (κ1) is 29.5. The minimum absolute atomic E-state index is 0.379. The van der Waals surface area contributed by atoms with E-state index in [1.807, 2.05) is 12.1 Å². The number of hydrogen-bond acceptors (Lipinski definition) is 3. The summed E-state index contributed by atoms with van der Waals surface area (Å²) in [4.78, 5) is 0. The molecule has 0 saturated carbocycles. The first-order chi connectivity index (χ1) is 18.2. The van der Waals surface area contributed by atoms with Gasteiger partial charge in [-0.3, -0.25) is 0 Å². The molecule has 0 atom stereocenters. The van der Waals surface area contributed by atoms with Crippen molar-refractivity contribution in [3.63, 3.8) is 0 Å². The lowest BCUT2D eigenvalue weighted by atomic mass is 9.79. The van der Waals surface area contributed by atoms with Gasteiger partial charge >= 0.3 is 7.12 Å². The number of unbranched alkanes of at least 4 members (excludes halogenated alkanes) is 12. The molecule has 4 heteroatoms. The molecule has 0 N–H and O–H groups in total. The summed E-state index contributed by atoms with van der Waals surface area (Å²) >= 11 is 0. The van der Waals surface area contributed by atoms with Crippen molar-refractivity contribution >= 4 is 12.6 Å². The number of benzene rings is 2. The Balaban J connectivity index is 1.51. The molecule has 1 aliphatic heterocycles. The summed E-state index contributed by atoms with van der Waals surface area (Å²) in [5.74, 6) is 2.72. The van der Waals surface area contributed by atoms with Crippen LogP contribution in [0.2, 0.25) is 0 Å². The fraction of sp³-hybridized carbons (Fsp3) is 0.636. The van der Waals surface area contributed by atoms with Crippen LogP contribution in [0.5, 0.6) is 17.2 Å². The molecule has 204 valence electrons. The largest absolute Gasteiger partial charge is 0.632 e. The van der Waals surface area contributed by atoms with Crippen LogP contribution in [0.4, 0.5) is 0 Å². The maximum absolute atomic E-state index is 6.29. The molecule has 2 aromatic carbocycles. The molecule has 0 spiro atoms.